The number of piperazine rings is 1. The largest absolute Gasteiger partial charge is 0.368 e. The number of amides is 1. The molecule has 0 radical (unpaired) electrons. The molecule has 1 fully saturated rings. The molecule has 0 spiro atoms. The van der Waals surface area contributed by atoms with Crippen LogP contribution in [0.1, 0.15) is 17.5 Å². The summed E-state index contributed by atoms with van der Waals surface area (Å²) in [6.45, 7) is 6.05. The summed E-state index contributed by atoms with van der Waals surface area (Å²) in [5, 5.41) is 6.22. The van der Waals surface area contributed by atoms with E-state index >= 15 is 0 Å². The van der Waals surface area contributed by atoms with Crippen LogP contribution in [0.15, 0.2) is 42.6 Å². The molecule has 5 nitrogen and oxygen atoms in total. The summed E-state index contributed by atoms with van der Waals surface area (Å²) >= 11 is 0. The predicted molar refractivity (Wildman–Crippen MR) is 97.4 cm³/mol. The Labute approximate surface area is 143 Å². The predicted octanol–water partition coefficient (Wildman–Crippen LogP) is 2.37. The molecular formula is C19H24N4O. The zero-order chi connectivity index (χ0) is 16.8. The summed E-state index contributed by atoms with van der Waals surface area (Å²) in [4.78, 5) is 18.8. The molecule has 1 aliphatic rings. The summed E-state index contributed by atoms with van der Waals surface area (Å²) in [6, 6.07) is 12.1. The van der Waals surface area contributed by atoms with Crippen molar-refractivity contribution in [3.8, 4) is 0 Å². The Hall–Kier alpha value is -2.40. The van der Waals surface area contributed by atoms with Crippen molar-refractivity contribution in [1.29, 1.82) is 0 Å². The van der Waals surface area contributed by atoms with E-state index in [1.165, 1.54) is 11.1 Å². The highest BCUT2D eigenvalue weighted by Crippen LogP contribution is 2.16. The highest BCUT2D eigenvalue weighted by molar-refractivity contribution is 5.90. The number of pyridine rings is 1. The smallest absolute Gasteiger partial charge is 0.225 e. The molecule has 1 saturated heterocycles. The zero-order valence-electron chi connectivity index (χ0n) is 14.1. The Balaban J connectivity index is 1.52. The molecule has 3 rings (SSSR count). The van der Waals surface area contributed by atoms with Crippen molar-refractivity contribution in [2.24, 2.45) is 0 Å². The van der Waals surface area contributed by atoms with Crippen molar-refractivity contribution in [3.05, 3.63) is 53.7 Å². The minimum Gasteiger partial charge on any atom is -0.368 e. The molecule has 24 heavy (non-hydrogen) atoms. The molecular weight excluding hydrogens is 300 g/mol. The van der Waals surface area contributed by atoms with Crippen LogP contribution in [-0.4, -0.2) is 37.1 Å². The second-order valence-corrected chi connectivity index (χ2v) is 6.11. The van der Waals surface area contributed by atoms with Gasteiger partial charge in [0.15, 0.2) is 0 Å². The van der Waals surface area contributed by atoms with E-state index in [0.29, 0.717) is 12.2 Å². The minimum atomic E-state index is 0.000626. The Morgan fingerprint density at radius 1 is 1.21 bits per heavy atom. The van der Waals surface area contributed by atoms with Crippen LogP contribution in [-0.2, 0) is 11.2 Å². The summed E-state index contributed by atoms with van der Waals surface area (Å²) < 4.78 is 0. The monoisotopic (exact) mass is 324 g/mol. The topological polar surface area (TPSA) is 57.3 Å². The van der Waals surface area contributed by atoms with E-state index in [-0.39, 0.29) is 5.91 Å². The molecule has 1 aromatic heterocycles. The molecule has 126 valence electrons. The van der Waals surface area contributed by atoms with E-state index in [4.69, 9.17) is 0 Å². The van der Waals surface area contributed by atoms with Crippen LogP contribution in [0.4, 0.5) is 11.5 Å². The van der Waals surface area contributed by atoms with Gasteiger partial charge in [0, 0.05) is 32.6 Å². The van der Waals surface area contributed by atoms with Crippen molar-refractivity contribution < 1.29 is 4.79 Å². The number of hydrogen-bond donors (Lipinski definition) is 2. The molecule has 5 heteroatoms. The first-order chi connectivity index (χ1) is 11.7. The number of anilines is 2. The number of carbonyl (C=O) groups excluding carboxylic acids is 1. The van der Waals surface area contributed by atoms with Crippen molar-refractivity contribution >= 4 is 17.4 Å². The van der Waals surface area contributed by atoms with Crippen molar-refractivity contribution in [2.75, 3.05) is 36.4 Å². The number of aromatic nitrogens is 1. The first-order valence-corrected chi connectivity index (χ1v) is 8.48. The fourth-order valence-electron chi connectivity index (χ4n) is 2.91. The van der Waals surface area contributed by atoms with Gasteiger partial charge in [-0.05, 0) is 36.6 Å². The summed E-state index contributed by atoms with van der Waals surface area (Å²) in [6.07, 6.45) is 3.05. The third kappa shape index (κ3) is 4.32. The molecule has 0 saturated carbocycles. The van der Waals surface area contributed by atoms with Gasteiger partial charge in [-0.15, -0.1) is 0 Å². The van der Waals surface area contributed by atoms with Crippen LogP contribution >= 0.6 is 0 Å². The van der Waals surface area contributed by atoms with Gasteiger partial charge in [0.05, 0.1) is 11.9 Å². The van der Waals surface area contributed by atoms with Gasteiger partial charge in [0.25, 0.3) is 0 Å². The van der Waals surface area contributed by atoms with E-state index in [0.717, 1.165) is 38.3 Å². The highest BCUT2D eigenvalue weighted by atomic mass is 16.1. The van der Waals surface area contributed by atoms with Crippen molar-refractivity contribution in [2.45, 2.75) is 19.8 Å². The molecule has 1 aromatic carbocycles. The molecule has 0 unspecified atom stereocenters. The second-order valence-electron chi connectivity index (χ2n) is 6.11. The average Bonchev–Trinajstić information content (AvgIpc) is 2.62. The van der Waals surface area contributed by atoms with Crippen molar-refractivity contribution in [1.82, 2.24) is 10.3 Å². The van der Waals surface area contributed by atoms with E-state index in [1.54, 1.807) is 0 Å². The van der Waals surface area contributed by atoms with Crippen LogP contribution in [0, 0.1) is 6.92 Å². The van der Waals surface area contributed by atoms with Gasteiger partial charge in [-0.25, -0.2) is 4.98 Å². The van der Waals surface area contributed by atoms with Gasteiger partial charge in [-0.2, -0.15) is 0 Å². The number of carbonyl (C=O) groups is 1. The lowest BCUT2D eigenvalue weighted by Crippen LogP contribution is -2.43. The highest BCUT2D eigenvalue weighted by Gasteiger charge is 2.11. The molecule has 1 aliphatic heterocycles. The van der Waals surface area contributed by atoms with Crippen LogP contribution in [0.3, 0.4) is 0 Å². The van der Waals surface area contributed by atoms with Crippen LogP contribution in [0.25, 0.3) is 0 Å². The Kier molecular flexibility index (Phi) is 5.43. The van der Waals surface area contributed by atoms with Gasteiger partial charge in [0.2, 0.25) is 5.91 Å². The van der Waals surface area contributed by atoms with E-state index < -0.39 is 0 Å². The van der Waals surface area contributed by atoms with Crippen molar-refractivity contribution in [3.63, 3.8) is 0 Å². The lowest BCUT2D eigenvalue weighted by atomic mass is 10.0. The van der Waals surface area contributed by atoms with Gasteiger partial charge < -0.3 is 15.5 Å². The first-order valence-electron chi connectivity index (χ1n) is 8.48. The normalized spacial score (nSPS) is 14.5. The standard InChI is InChI=1S/C19H24N4O/c1-15-4-2-3-5-16(15)6-9-19(24)22-18-8-7-17(14-21-18)23-12-10-20-11-13-23/h2-5,7-8,14,20H,6,9-13H2,1H3,(H,21,22,24). The molecule has 2 N–H and O–H groups in total. The number of nitrogens with zero attached hydrogens (tertiary/aromatic N) is 2. The fourth-order valence-corrected chi connectivity index (χ4v) is 2.91. The number of benzene rings is 1. The van der Waals surface area contributed by atoms with E-state index in [1.807, 2.05) is 30.5 Å². The van der Waals surface area contributed by atoms with Gasteiger partial charge in [-0.1, -0.05) is 24.3 Å². The number of aryl methyl sites for hydroxylation is 2. The average molecular weight is 324 g/mol. The molecule has 0 aliphatic carbocycles. The summed E-state index contributed by atoms with van der Waals surface area (Å²) in [5.41, 5.74) is 3.55. The molecule has 0 bridgehead atoms. The van der Waals surface area contributed by atoms with Gasteiger partial charge in [-0.3, -0.25) is 4.79 Å². The zero-order valence-corrected chi connectivity index (χ0v) is 14.1. The third-order valence-electron chi connectivity index (χ3n) is 4.38. The lowest BCUT2D eigenvalue weighted by Gasteiger charge is -2.29. The molecule has 2 aromatic rings. The van der Waals surface area contributed by atoms with Gasteiger partial charge >= 0.3 is 0 Å². The number of rotatable bonds is 5. The third-order valence-corrected chi connectivity index (χ3v) is 4.38. The maximum atomic E-state index is 12.1. The first kappa shape index (κ1) is 16.5. The number of hydrogen-bond acceptors (Lipinski definition) is 4. The maximum Gasteiger partial charge on any atom is 0.225 e. The Morgan fingerprint density at radius 2 is 2.00 bits per heavy atom. The number of nitrogens with one attached hydrogen (secondary N) is 2. The summed E-state index contributed by atoms with van der Waals surface area (Å²) in [5.74, 6) is 0.615. The Bertz CT molecular complexity index is 678. The Morgan fingerprint density at radius 3 is 2.71 bits per heavy atom. The van der Waals surface area contributed by atoms with Crippen LogP contribution in [0.5, 0.6) is 0 Å². The van der Waals surface area contributed by atoms with Crippen LogP contribution in [0.2, 0.25) is 0 Å². The SMILES string of the molecule is Cc1ccccc1CCC(=O)Nc1ccc(N2CCNCC2)cn1. The molecule has 0 atom stereocenters. The molecule has 1 amide bonds. The fraction of sp³-hybridized carbons (Fsp3) is 0.368. The van der Waals surface area contributed by atoms with Gasteiger partial charge in [0.1, 0.15) is 5.82 Å². The second kappa shape index (κ2) is 7.93. The van der Waals surface area contributed by atoms with E-state index in [9.17, 15) is 4.79 Å². The lowest BCUT2D eigenvalue weighted by molar-refractivity contribution is -0.116. The van der Waals surface area contributed by atoms with E-state index in [2.05, 4.69) is 39.6 Å². The summed E-state index contributed by atoms with van der Waals surface area (Å²) in [7, 11) is 0. The minimum absolute atomic E-state index is 0.000626. The molecule has 2 heterocycles. The van der Waals surface area contributed by atoms with Crippen LogP contribution < -0.4 is 15.5 Å². The quantitative estimate of drug-likeness (QED) is 0.886. The maximum absolute atomic E-state index is 12.1.